The second-order valence-electron chi connectivity index (χ2n) is 8.27. The van der Waals surface area contributed by atoms with Crippen LogP contribution in [0.5, 0.6) is 0 Å². The summed E-state index contributed by atoms with van der Waals surface area (Å²) < 4.78 is 0. The number of rotatable bonds is 5. The SMILES string of the molecule is CN1/C(=C\C=N/NC(=O)CC[NH+]2CC[NH+](C)CC2)C(C)(C)c2ccccc21. The molecule has 2 aliphatic rings. The lowest BCUT2D eigenvalue weighted by Gasteiger charge is -2.26. The molecule has 6 heteroatoms. The molecule has 0 radical (unpaired) electrons. The van der Waals surface area contributed by atoms with Crippen LogP contribution in [0, 0.1) is 0 Å². The highest BCUT2D eigenvalue weighted by Gasteiger charge is 2.37. The first kappa shape index (κ1) is 19.6. The van der Waals surface area contributed by atoms with Crippen molar-refractivity contribution in [3.8, 4) is 0 Å². The van der Waals surface area contributed by atoms with Crippen molar-refractivity contribution >= 4 is 17.8 Å². The number of amides is 1. The second-order valence-corrected chi connectivity index (χ2v) is 8.27. The number of carbonyl (C=O) groups excluding carboxylic acids is 1. The maximum Gasteiger partial charge on any atom is 0.245 e. The molecule has 6 nitrogen and oxygen atoms in total. The van der Waals surface area contributed by atoms with E-state index >= 15 is 0 Å². The molecule has 1 amide bonds. The first-order valence-electron chi connectivity index (χ1n) is 9.90. The molecule has 0 atom stereocenters. The number of nitrogens with one attached hydrogen (secondary N) is 3. The van der Waals surface area contributed by atoms with Crippen LogP contribution < -0.4 is 20.1 Å². The minimum Gasteiger partial charge on any atom is -0.347 e. The second kappa shape index (κ2) is 8.23. The molecule has 2 heterocycles. The fourth-order valence-corrected chi connectivity index (χ4v) is 4.15. The molecule has 1 fully saturated rings. The first-order chi connectivity index (χ1) is 12.9. The van der Waals surface area contributed by atoms with Gasteiger partial charge in [-0.25, -0.2) is 5.43 Å². The number of hydrogen-bond donors (Lipinski definition) is 3. The summed E-state index contributed by atoms with van der Waals surface area (Å²) in [7, 11) is 4.31. The highest BCUT2D eigenvalue weighted by atomic mass is 16.2. The summed E-state index contributed by atoms with van der Waals surface area (Å²) in [6, 6.07) is 8.45. The van der Waals surface area contributed by atoms with E-state index in [9.17, 15) is 4.79 Å². The van der Waals surface area contributed by atoms with E-state index in [-0.39, 0.29) is 11.3 Å². The van der Waals surface area contributed by atoms with E-state index in [0.29, 0.717) is 6.42 Å². The van der Waals surface area contributed by atoms with Gasteiger partial charge in [0.2, 0.25) is 5.91 Å². The summed E-state index contributed by atoms with van der Waals surface area (Å²) >= 11 is 0. The zero-order valence-electron chi connectivity index (χ0n) is 17.0. The summed E-state index contributed by atoms with van der Waals surface area (Å²) in [5, 5.41) is 4.13. The third-order valence-electron chi connectivity index (χ3n) is 5.95. The third-order valence-corrected chi connectivity index (χ3v) is 5.95. The highest BCUT2D eigenvalue weighted by Crippen LogP contribution is 2.46. The van der Waals surface area contributed by atoms with Crippen molar-refractivity contribution in [2.45, 2.75) is 25.7 Å². The van der Waals surface area contributed by atoms with Crippen LogP contribution >= 0.6 is 0 Å². The molecule has 2 aliphatic heterocycles. The van der Waals surface area contributed by atoms with Gasteiger partial charge < -0.3 is 14.7 Å². The molecule has 1 saturated heterocycles. The molecule has 0 aliphatic carbocycles. The predicted octanol–water partition coefficient (Wildman–Crippen LogP) is -0.797. The van der Waals surface area contributed by atoms with Crippen molar-refractivity contribution in [3.05, 3.63) is 41.6 Å². The zero-order valence-corrected chi connectivity index (χ0v) is 17.0. The number of nitrogens with zero attached hydrogens (tertiary/aromatic N) is 2. The summed E-state index contributed by atoms with van der Waals surface area (Å²) in [5.41, 5.74) is 6.30. The Balaban J connectivity index is 1.51. The number of carbonyl (C=O) groups is 1. The van der Waals surface area contributed by atoms with Crippen LogP contribution in [0.3, 0.4) is 0 Å². The molecular formula is C21H33N5O+2. The standard InChI is InChI=1S/C21H31N5O/c1-21(2)17-7-5-6-8-18(17)25(4)19(21)9-11-22-23-20(27)10-12-26-15-13-24(3)14-16-26/h5-9,11H,10,12-16H2,1-4H3,(H,23,27)/p+2/b19-9-,22-11-. The van der Waals surface area contributed by atoms with Crippen molar-refractivity contribution in [2.75, 3.05) is 51.7 Å². The molecular weight excluding hydrogens is 338 g/mol. The number of para-hydroxylation sites is 1. The van der Waals surface area contributed by atoms with Gasteiger partial charge in [-0.2, -0.15) is 5.10 Å². The Labute approximate surface area is 162 Å². The molecule has 1 aromatic carbocycles. The minimum absolute atomic E-state index is 0.00857. The number of quaternary nitrogens is 2. The Hall–Kier alpha value is -2.18. The molecule has 27 heavy (non-hydrogen) atoms. The van der Waals surface area contributed by atoms with Gasteiger partial charge in [-0.1, -0.05) is 32.0 Å². The number of benzene rings is 1. The maximum atomic E-state index is 12.0. The molecule has 0 unspecified atom stereocenters. The molecule has 0 bridgehead atoms. The van der Waals surface area contributed by atoms with Gasteiger partial charge in [0, 0.05) is 30.1 Å². The summed E-state index contributed by atoms with van der Waals surface area (Å²) in [5.74, 6) is -0.00857. The summed E-state index contributed by atoms with van der Waals surface area (Å²) in [4.78, 5) is 17.3. The first-order valence-corrected chi connectivity index (χ1v) is 9.90. The van der Waals surface area contributed by atoms with E-state index in [1.54, 1.807) is 11.1 Å². The van der Waals surface area contributed by atoms with Crippen molar-refractivity contribution in [3.63, 3.8) is 0 Å². The van der Waals surface area contributed by atoms with Crippen molar-refractivity contribution < 1.29 is 14.6 Å². The molecule has 0 saturated carbocycles. The van der Waals surface area contributed by atoms with Gasteiger partial charge in [0.05, 0.1) is 20.0 Å². The van der Waals surface area contributed by atoms with Gasteiger partial charge in [-0.15, -0.1) is 0 Å². The van der Waals surface area contributed by atoms with Gasteiger partial charge in [0.25, 0.3) is 0 Å². The van der Waals surface area contributed by atoms with Crippen LogP contribution in [0.15, 0.2) is 41.1 Å². The minimum atomic E-state index is -0.0753. The molecule has 3 rings (SSSR count). The normalized spacial score (nSPS) is 25.8. The average Bonchev–Trinajstić information content (AvgIpc) is 2.85. The highest BCUT2D eigenvalue weighted by molar-refractivity contribution is 5.81. The Kier molecular flexibility index (Phi) is 5.97. The van der Waals surface area contributed by atoms with E-state index in [1.165, 1.54) is 34.9 Å². The van der Waals surface area contributed by atoms with E-state index < -0.39 is 0 Å². The number of anilines is 1. The van der Waals surface area contributed by atoms with Crippen LogP contribution in [0.2, 0.25) is 0 Å². The Morgan fingerprint density at radius 2 is 1.96 bits per heavy atom. The van der Waals surface area contributed by atoms with Crippen LogP contribution in [-0.4, -0.2) is 58.9 Å². The number of likely N-dealkylation sites (N-methyl/N-ethyl adjacent to an activating group) is 2. The summed E-state index contributed by atoms with van der Waals surface area (Å²) in [6.45, 7) is 10.00. The maximum absolute atomic E-state index is 12.0. The smallest absolute Gasteiger partial charge is 0.245 e. The van der Waals surface area contributed by atoms with E-state index in [1.807, 2.05) is 6.08 Å². The van der Waals surface area contributed by atoms with E-state index in [2.05, 4.69) is 67.6 Å². The number of fused-ring (bicyclic) bond motifs is 1. The lowest BCUT2D eigenvalue weighted by molar-refractivity contribution is -1.00. The topological polar surface area (TPSA) is 53.6 Å². The van der Waals surface area contributed by atoms with Gasteiger partial charge in [0.1, 0.15) is 26.2 Å². The fourth-order valence-electron chi connectivity index (χ4n) is 4.15. The monoisotopic (exact) mass is 371 g/mol. The Bertz CT molecular complexity index is 732. The van der Waals surface area contributed by atoms with Crippen LogP contribution in [-0.2, 0) is 10.2 Å². The number of hydrazone groups is 1. The molecule has 3 N–H and O–H groups in total. The Morgan fingerprint density at radius 1 is 1.26 bits per heavy atom. The van der Waals surface area contributed by atoms with Gasteiger partial charge >= 0.3 is 0 Å². The zero-order chi connectivity index (χ0) is 19.4. The quantitative estimate of drug-likeness (QED) is 0.469. The number of hydrogen-bond acceptors (Lipinski definition) is 3. The number of piperazine rings is 1. The van der Waals surface area contributed by atoms with Crippen molar-refractivity contribution in [1.29, 1.82) is 0 Å². The average molecular weight is 372 g/mol. The van der Waals surface area contributed by atoms with E-state index in [0.717, 1.165) is 19.6 Å². The lowest BCUT2D eigenvalue weighted by Crippen LogP contribution is -3.27. The van der Waals surface area contributed by atoms with Gasteiger partial charge in [-0.05, 0) is 17.7 Å². The molecule has 1 aromatic rings. The Morgan fingerprint density at radius 3 is 2.67 bits per heavy atom. The predicted molar refractivity (Wildman–Crippen MR) is 109 cm³/mol. The van der Waals surface area contributed by atoms with E-state index in [4.69, 9.17) is 0 Å². The third kappa shape index (κ3) is 4.39. The number of allylic oxidation sites excluding steroid dienone is 2. The molecule has 146 valence electrons. The molecule has 0 aromatic heterocycles. The van der Waals surface area contributed by atoms with Gasteiger partial charge in [-0.3, -0.25) is 4.79 Å². The largest absolute Gasteiger partial charge is 0.347 e. The fraction of sp³-hybridized carbons (Fsp3) is 0.524. The van der Waals surface area contributed by atoms with Crippen LogP contribution in [0.4, 0.5) is 5.69 Å². The van der Waals surface area contributed by atoms with Crippen LogP contribution in [0.1, 0.15) is 25.8 Å². The lowest BCUT2D eigenvalue weighted by atomic mass is 9.84. The van der Waals surface area contributed by atoms with Gasteiger partial charge in [0.15, 0.2) is 0 Å². The van der Waals surface area contributed by atoms with Crippen molar-refractivity contribution in [1.82, 2.24) is 5.43 Å². The summed E-state index contributed by atoms with van der Waals surface area (Å²) in [6.07, 6.45) is 4.22. The van der Waals surface area contributed by atoms with Crippen molar-refractivity contribution in [2.24, 2.45) is 5.10 Å². The van der Waals surface area contributed by atoms with Crippen LogP contribution in [0.25, 0.3) is 0 Å². The molecule has 0 spiro atoms.